The Morgan fingerprint density at radius 3 is 2.37 bits per heavy atom. The third-order valence-electron chi connectivity index (χ3n) is 3.28. The number of hydrogen-bond acceptors (Lipinski definition) is 5. The van der Waals surface area contributed by atoms with Crippen LogP contribution in [0.3, 0.4) is 0 Å². The number of ether oxygens (including phenoxy) is 3. The van der Waals surface area contributed by atoms with Crippen molar-refractivity contribution in [3.05, 3.63) is 11.5 Å². The third-order valence-corrected chi connectivity index (χ3v) is 3.28. The molecule has 106 valence electrons. The molecule has 0 spiro atoms. The van der Waals surface area contributed by atoms with E-state index in [-0.39, 0.29) is 25.2 Å². The fourth-order valence-corrected chi connectivity index (χ4v) is 2.12. The van der Waals surface area contributed by atoms with Gasteiger partial charge in [0.05, 0.1) is 0 Å². The van der Waals surface area contributed by atoms with E-state index in [2.05, 4.69) is 5.32 Å². The molecule has 1 amide bonds. The maximum Gasteiger partial charge on any atom is 0.329 e. The number of amides is 1. The van der Waals surface area contributed by atoms with Gasteiger partial charge in [-0.2, -0.15) is 0 Å². The van der Waals surface area contributed by atoms with Gasteiger partial charge >= 0.3 is 5.97 Å². The second kappa shape index (κ2) is 5.48. The van der Waals surface area contributed by atoms with Gasteiger partial charge in [0.25, 0.3) is 5.91 Å². The van der Waals surface area contributed by atoms with Gasteiger partial charge in [0.2, 0.25) is 5.76 Å². The van der Waals surface area contributed by atoms with Crippen LogP contribution in [-0.4, -0.2) is 48.9 Å². The lowest BCUT2D eigenvalue weighted by atomic mass is 9.90. The smallest absolute Gasteiger partial charge is 0.329 e. The van der Waals surface area contributed by atoms with Crippen LogP contribution < -0.4 is 5.32 Å². The molecule has 0 radical (unpaired) electrons. The Balaban J connectivity index is 2.13. The summed E-state index contributed by atoms with van der Waals surface area (Å²) < 4.78 is 15.6. The molecular formula is C12H17NO6. The summed E-state index contributed by atoms with van der Waals surface area (Å²) in [6.07, 6.45) is 0.475. The van der Waals surface area contributed by atoms with E-state index in [0.717, 1.165) is 0 Å². The van der Waals surface area contributed by atoms with E-state index in [4.69, 9.17) is 14.2 Å². The van der Waals surface area contributed by atoms with E-state index in [1.165, 1.54) is 0 Å². The van der Waals surface area contributed by atoms with Gasteiger partial charge in [-0.1, -0.05) is 0 Å². The molecule has 0 aromatic heterocycles. The normalized spacial score (nSPS) is 22.2. The third kappa shape index (κ3) is 2.81. The van der Waals surface area contributed by atoms with Gasteiger partial charge in [0.1, 0.15) is 24.5 Å². The van der Waals surface area contributed by atoms with Gasteiger partial charge < -0.3 is 24.6 Å². The second-order valence-electron chi connectivity index (χ2n) is 4.54. The van der Waals surface area contributed by atoms with Crippen LogP contribution in [0, 0.1) is 0 Å². The first kappa shape index (κ1) is 13.7. The fourth-order valence-electron chi connectivity index (χ4n) is 2.12. The zero-order valence-electron chi connectivity index (χ0n) is 10.7. The number of carboxylic acids is 1. The molecule has 2 rings (SSSR count). The van der Waals surface area contributed by atoms with Crippen LogP contribution in [0.15, 0.2) is 11.5 Å². The molecule has 2 aliphatic heterocycles. The molecule has 0 atom stereocenters. The molecule has 1 fully saturated rings. The minimum absolute atomic E-state index is 0.0540. The Bertz CT molecular complexity index is 410. The zero-order valence-corrected chi connectivity index (χ0v) is 10.7. The van der Waals surface area contributed by atoms with Crippen molar-refractivity contribution in [2.24, 2.45) is 0 Å². The second-order valence-corrected chi connectivity index (χ2v) is 4.54. The number of aliphatic carboxylic acids is 1. The van der Waals surface area contributed by atoms with Crippen LogP contribution in [0.4, 0.5) is 0 Å². The van der Waals surface area contributed by atoms with Crippen molar-refractivity contribution in [3.8, 4) is 0 Å². The van der Waals surface area contributed by atoms with Crippen molar-refractivity contribution in [3.63, 3.8) is 0 Å². The molecule has 0 bridgehead atoms. The lowest BCUT2D eigenvalue weighted by molar-refractivity contribution is -0.152. The summed E-state index contributed by atoms with van der Waals surface area (Å²) in [6.45, 7) is 2.90. The number of carbonyl (C=O) groups is 2. The summed E-state index contributed by atoms with van der Waals surface area (Å²) in [5.74, 6) is -1.18. The fraction of sp³-hybridized carbons (Fsp3) is 0.667. The highest BCUT2D eigenvalue weighted by Crippen LogP contribution is 2.23. The molecular weight excluding hydrogens is 254 g/mol. The predicted octanol–water partition coefficient (Wildman–Crippen LogP) is 0.0147. The van der Waals surface area contributed by atoms with E-state index in [0.29, 0.717) is 25.6 Å². The summed E-state index contributed by atoms with van der Waals surface area (Å²) >= 11 is 0. The highest BCUT2D eigenvalue weighted by Gasteiger charge is 2.42. The lowest BCUT2D eigenvalue weighted by Crippen LogP contribution is -2.58. The predicted molar refractivity (Wildman–Crippen MR) is 63.2 cm³/mol. The SMILES string of the molecule is CC1=C(C(=O)NC2(C(=O)O)CCOCC2)OCCO1. The summed E-state index contributed by atoms with van der Waals surface area (Å²) in [6, 6.07) is 0. The molecule has 7 heteroatoms. The molecule has 0 unspecified atom stereocenters. The summed E-state index contributed by atoms with van der Waals surface area (Å²) in [4.78, 5) is 23.5. The standard InChI is InChI=1S/C12H17NO6/c1-8-9(19-7-6-18-8)10(14)13-12(11(15)16)2-4-17-5-3-12/h2-7H2,1H3,(H,13,14)(H,15,16). The van der Waals surface area contributed by atoms with Gasteiger partial charge in [0.15, 0.2) is 0 Å². The minimum Gasteiger partial charge on any atom is -0.491 e. The Labute approximate surface area is 110 Å². The number of carboxylic acid groups (broad SMARTS) is 1. The first-order chi connectivity index (χ1) is 9.05. The molecule has 0 saturated carbocycles. The minimum atomic E-state index is -1.29. The van der Waals surface area contributed by atoms with Crippen molar-refractivity contribution in [1.29, 1.82) is 0 Å². The van der Waals surface area contributed by atoms with Crippen LogP contribution in [0.1, 0.15) is 19.8 Å². The maximum absolute atomic E-state index is 12.1. The lowest BCUT2D eigenvalue weighted by Gasteiger charge is -2.34. The van der Waals surface area contributed by atoms with E-state index in [1.54, 1.807) is 6.92 Å². The number of carbonyl (C=O) groups excluding carboxylic acids is 1. The van der Waals surface area contributed by atoms with Gasteiger partial charge in [-0.15, -0.1) is 0 Å². The van der Waals surface area contributed by atoms with E-state index in [9.17, 15) is 14.7 Å². The van der Waals surface area contributed by atoms with Gasteiger partial charge in [-0.25, -0.2) is 4.79 Å². The van der Waals surface area contributed by atoms with Crippen LogP contribution in [0.25, 0.3) is 0 Å². The van der Waals surface area contributed by atoms with E-state index >= 15 is 0 Å². The molecule has 2 heterocycles. The van der Waals surface area contributed by atoms with Crippen LogP contribution in [0.5, 0.6) is 0 Å². The van der Waals surface area contributed by atoms with Crippen LogP contribution in [0.2, 0.25) is 0 Å². The molecule has 0 aromatic carbocycles. The molecule has 2 N–H and O–H groups in total. The molecule has 0 aromatic rings. The molecule has 1 saturated heterocycles. The maximum atomic E-state index is 12.1. The van der Waals surface area contributed by atoms with E-state index < -0.39 is 17.4 Å². The topological polar surface area (TPSA) is 94.1 Å². The number of nitrogens with one attached hydrogen (secondary N) is 1. The van der Waals surface area contributed by atoms with Gasteiger partial charge in [-0.3, -0.25) is 4.79 Å². The molecule has 7 nitrogen and oxygen atoms in total. The average Bonchev–Trinajstić information content (AvgIpc) is 2.40. The quantitative estimate of drug-likeness (QED) is 0.751. The number of hydrogen-bond donors (Lipinski definition) is 2. The highest BCUT2D eigenvalue weighted by atomic mass is 16.6. The summed E-state index contributed by atoms with van der Waals surface area (Å²) in [5.41, 5.74) is -1.29. The first-order valence-corrected chi connectivity index (χ1v) is 6.15. The highest BCUT2D eigenvalue weighted by molar-refractivity contribution is 5.96. The average molecular weight is 271 g/mol. The van der Waals surface area contributed by atoms with Gasteiger partial charge in [-0.05, 0) is 6.92 Å². The summed E-state index contributed by atoms with van der Waals surface area (Å²) in [7, 11) is 0. The van der Waals surface area contributed by atoms with Gasteiger partial charge in [0, 0.05) is 26.1 Å². The van der Waals surface area contributed by atoms with Crippen molar-refractivity contribution < 1.29 is 28.9 Å². The van der Waals surface area contributed by atoms with Crippen LogP contribution in [-0.2, 0) is 23.8 Å². The first-order valence-electron chi connectivity index (χ1n) is 6.15. The molecule has 2 aliphatic rings. The van der Waals surface area contributed by atoms with E-state index in [1.807, 2.05) is 0 Å². The number of rotatable bonds is 3. The van der Waals surface area contributed by atoms with Crippen molar-refractivity contribution in [2.45, 2.75) is 25.3 Å². The molecule has 0 aliphatic carbocycles. The van der Waals surface area contributed by atoms with Crippen molar-refractivity contribution in [2.75, 3.05) is 26.4 Å². The van der Waals surface area contributed by atoms with Crippen molar-refractivity contribution >= 4 is 11.9 Å². The van der Waals surface area contributed by atoms with Crippen LogP contribution >= 0.6 is 0 Å². The Morgan fingerprint density at radius 1 is 1.16 bits per heavy atom. The molecule has 19 heavy (non-hydrogen) atoms. The Hall–Kier alpha value is -1.76. The Kier molecular flexibility index (Phi) is 3.94. The largest absolute Gasteiger partial charge is 0.491 e. The zero-order chi connectivity index (χ0) is 13.9. The van der Waals surface area contributed by atoms with Crippen molar-refractivity contribution in [1.82, 2.24) is 5.32 Å². The summed E-state index contributed by atoms with van der Waals surface area (Å²) in [5, 5.41) is 11.9. The number of allylic oxidation sites excluding steroid dienone is 1. The Morgan fingerprint density at radius 2 is 1.79 bits per heavy atom. The monoisotopic (exact) mass is 271 g/mol.